The van der Waals surface area contributed by atoms with Crippen LogP contribution in [0.3, 0.4) is 0 Å². The molecule has 0 saturated carbocycles. The van der Waals surface area contributed by atoms with E-state index in [0.717, 1.165) is 0 Å². The molecule has 0 spiro atoms. The van der Waals surface area contributed by atoms with Crippen LogP contribution in [-0.4, -0.2) is 4.98 Å². The second kappa shape index (κ2) is 3.81. The first-order chi connectivity index (χ1) is 5.81. The summed E-state index contributed by atoms with van der Waals surface area (Å²) >= 11 is 0. The summed E-state index contributed by atoms with van der Waals surface area (Å²) in [6, 6.07) is 6.34. The molecule has 0 atom stereocenters. The van der Waals surface area contributed by atoms with Gasteiger partial charge in [0, 0.05) is 23.6 Å². The molecule has 0 saturated heterocycles. The second-order valence-corrected chi connectivity index (χ2v) is 3.07. The largest absolute Gasteiger partial charge is 0.361 e. The van der Waals surface area contributed by atoms with Gasteiger partial charge in [-0.15, -0.1) is 12.4 Å². The predicted molar refractivity (Wildman–Crippen MR) is 58.2 cm³/mol. The molecule has 13 heavy (non-hydrogen) atoms. The summed E-state index contributed by atoms with van der Waals surface area (Å²) in [6.07, 6.45) is 1.98. The lowest BCUT2D eigenvalue weighted by Crippen LogP contribution is -1.93. The Labute approximate surface area is 83.5 Å². The summed E-state index contributed by atoms with van der Waals surface area (Å²) in [5.41, 5.74) is 9.22. The van der Waals surface area contributed by atoms with Crippen molar-refractivity contribution >= 4 is 23.3 Å². The highest BCUT2D eigenvalue weighted by Crippen LogP contribution is 2.18. The molecular weight excluding hydrogens is 184 g/mol. The van der Waals surface area contributed by atoms with Crippen molar-refractivity contribution in [1.29, 1.82) is 0 Å². The third-order valence-corrected chi connectivity index (χ3v) is 2.14. The molecule has 0 bridgehead atoms. The molecule has 3 N–H and O–H groups in total. The van der Waals surface area contributed by atoms with Crippen LogP contribution in [0, 0.1) is 6.92 Å². The number of halogens is 1. The Morgan fingerprint density at radius 3 is 2.85 bits per heavy atom. The van der Waals surface area contributed by atoms with E-state index in [2.05, 4.69) is 30.1 Å². The Kier molecular flexibility index (Phi) is 2.96. The van der Waals surface area contributed by atoms with Crippen LogP contribution >= 0.6 is 12.4 Å². The summed E-state index contributed by atoms with van der Waals surface area (Å²) in [7, 11) is 0. The van der Waals surface area contributed by atoms with Crippen LogP contribution in [0.2, 0.25) is 0 Å². The molecule has 0 unspecified atom stereocenters. The first kappa shape index (κ1) is 10.1. The minimum Gasteiger partial charge on any atom is -0.361 e. The Morgan fingerprint density at radius 1 is 1.38 bits per heavy atom. The van der Waals surface area contributed by atoms with Crippen molar-refractivity contribution in [3.63, 3.8) is 0 Å². The molecule has 1 aromatic carbocycles. The zero-order chi connectivity index (χ0) is 8.55. The highest BCUT2D eigenvalue weighted by molar-refractivity contribution is 5.85. The lowest BCUT2D eigenvalue weighted by molar-refractivity contribution is 1.08. The van der Waals surface area contributed by atoms with E-state index in [4.69, 9.17) is 5.73 Å². The average molecular weight is 197 g/mol. The molecule has 2 rings (SSSR count). The van der Waals surface area contributed by atoms with Crippen molar-refractivity contribution < 1.29 is 0 Å². The Morgan fingerprint density at radius 2 is 2.15 bits per heavy atom. The average Bonchev–Trinajstić information content (AvgIpc) is 2.46. The zero-order valence-electron chi connectivity index (χ0n) is 7.50. The van der Waals surface area contributed by atoms with Crippen molar-refractivity contribution in [2.24, 2.45) is 5.73 Å². The smallest absolute Gasteiger partial charge is 0.0457 e. The fourth-order valence-corrected chi connectivity index (χ4v) is 1.46. The Hall–Kier alpha value is -0.990. The number of aryl methyl sites for hydroxylation is 1. The van der Waals surface area contributed by atoms with Gasteiger partial charge < -0.3 is 10.7 Å². The van der Waals surface area contributed by atoms with E-state index >= 15 is 0 Å². The second-order valence-electron chi connectivity index (χ2n) is 3.07. The number of fused-ring (bicyclic) bond motifs is 1. The highest BCUT2D eigenvalue weighted by atomic mass is 35.5. The van der Waals surface area contributed by atoms with Crippen LogP contribution in [0.15, 0.2) is 24.4 Å². The maximum atomic E-state index is 5.59. The van der Waals surface area contributed by atoms with Crippen LogP contribution in [0.1, 0.15) is 11.1 Å². The summed E-state index contributed by atoms with van der Waals surface area (Å²) in [5, 5.41) is 1.25. The predicted octanol–water partition coefficient (Wildman–Crippen LogP) is 2.36. The quantitative estimate of drug-likeness (QED) is 0.723. The van der Waals surface area contributed by atoms with Crippen LogP contribution < -0.4 is 5.73 Å². The molecule has 1 aromatic heterocycles. The normalized spacial score (nSPS) is 10.0. The number of aromatic amines is 1. The summed E-state index contributed by atoms with van der Waals surface area (Å²) in [4.78, 5) is 3.19. The van der Waals surface area contributed by atoms with E-state index in [1.165, 1.54) is 22.0 Å². The SMILES string of the molecule is Cc1ccc2[nH]cc(CN)c2c1.Cl. The van der Waals surface area contributed by atoms with Gasteiger partial charge in [-0.1, -0.05) is 11.6 Å². The molecule has 2 nitrogen and oxygen atoms in total. The third-order valence-electron chi connectivity index (χ3n) is 2.14. The number of hydrogen-bond donors (Lipinski definition) is 2. The molecule has 0 radical (unpaired) electrons. The number of nitrogens with one attached hydrogen (secondary N) is 1. The van der Waals surface area contributed by atoms with E-state index in [-0.39, 0.29) is 12.4 Å². The maximum absolute atomic E-state index is 5.59. The molecule has 2 aromatic rings. The number of benzene rings is 1. The molecule has 70 valence electrons. The number of aromatic nitrogens is 1. The minimum atomic E-state index is 0. The first-order valence-electron chi connectivity index (χ1n) is 4.08. The lowest BCUT2D eigenvalue weighted by atomic mass is 10.1. The van der Waals surface area contributed by atoms with Crippen molar-refractivity contribution in [2.45, 2.75) is 13.5 Å². The number of H-pyrrole nitrogens is 1. The van der Waals surface area contributed by atoms with Gasteiger partial charge in [-0.05, 0) is 24.6 Å². The van der Waals surface area contributed by atoms with E-state index in [9.17, 15) is 0 Å². The maximum Gasteiger partial charge on any atom is 0.0457 e. The van der Waals surface area contributed by atoms with Crippen molar-refractivity contribution in [3.8, 4) is 0 Å². The van der Waals surface area contributed by atoms with Gasteiger partial charge in [0.15, 0.2) is 0 Å². The van der Waals surface area contributed by atoms with E-state index < -0.39 is 0 Å². The Bertz CT molecular complexity index is 406. The van der Waals surface area contributed by atoms with Gasteiger partial charge in [0.05, 0.1) is 0 Å². The van der Waals surface area contributed by atoms with Gasteiger partial charge in [-0.3, -0.25) is 0 Å². The molecular formula is C10H13ClN2. The van der Waals surface area contributed by atoms with E-state index in [0.29, 0.717) is 6.54 Å². The molecule has 1 heterocycles. The summed E-state index contributed by atoms with van der Waals surface area (Å²) in [6.45, 7) is 2.69. The van der Waals surface area contributed by atoms with Gasteiger partial charge in [0.25, 0.3) is 0 Å². The molecule has 0 amide bonds. The first-order valence-corrected chi connectivity index (χ1v) is 4.08. The molecule has 3 heteroatoms. The van der Waals surface area contributed by atoms with Crippen LogP contribution in [0.4, 0.5) is 0 Å². The standard InChI is InChI=1S/C10H12N2.ClH/c1-7-2-3-10-9(4-7)8(5-11)6-12-10;/h2-4,6,12H,5,11H2,1H3;1H. The zero-order valence-corrected chi connectivity index (χ0v) is 8.32. The van der Waals surface area contributed by atoms with Crippen molar-refractivity contribution in [2.75, 3.05) is 0 Å². The molecule has 0 aliphatic rings. The van der Waals surface area contributed by atoms with Crippen LogP contribution in [0.25, 0.3) is 10.9 Å². The topological polar surface area (TPSA) is 41.8 Å². The molecule has 0 fully saturated rings. The molecule has 0 aliphatic heterocycles. The minimum absolute atomic E-state index is 0. The number of nitrogens with two attached hydrogens (primary N) is 1. The van der Waals surface area contributed by atoms with Crippen LogP contribution in [0.5, 0.6) is 0 Å². The lowest BCUT2D eigenvalue weighted by Gasteiger charge is -1.95. The molecule has 0 aliphatic carbocycles. The van der Waals surface area contributed by atoms with Gasteiger partial charge in [-0.25, -0.2) is 0 Å². The Balaban J connectivity index is 0.000000845. The fraction of sp³-hybridized carbons (Fsp3) is 0.200. The number of hydrogen-bond acceptors (Lipinski definition) is 1. The van der Waals surface area contributed by atoms with E-state index in [1.807, 2.05) is 6.20 Å². The third kappa shape index (κ3) is 1.69. The monoisotopic (exact) mass is 196 g/mol. The van der Waals surface area contributed by atoms with Gasteiger partial charge in [0.2, 0.25) is 0 Å². The summed E-state index contributed by atoms with van der Waals surface area (Å²) in [5.74, 6) is 0. The van der Waals surface area contributed by atoms with Crippen LogP contribution in [-0.2, 0) is 6.54 Å². The summed E-state index contributed by atoms with van der Waals surface area (Å²) < 4.78 is 0. The van der Waals surface area contributed by atoms with Crippen molar-refractivity contribution in [1.82, 2.24) is 4.98 Å². The number of rotatable bonds is 1. The highest BCUT2D eigenvalue weighted by Gasteiger charge is 2.00. The van der Waals surface area contributed by atoms with Gasteiger partial charge in [-0.2, -0.15) is 0 Å². The van der Waals surface area contributed by atoms with Gasteiger partial charge in [0.1, 0.15) is 0 Å². The van der Waals surface area contributed by atoms with Gasteiger partial charge >= 0.3 is 0 Å². The fourth-order valence-electron chi connectivity index (χ4n) is 1.46. The van der Waals surface area contributed by atoms with E-state index in [1.54, 1.807) is 0 Å². The van der Waals surface area contributed by atoms with Crippen molar-refractivity contribution in [3.05, 3.63) is 35.5 Å².